The summed E-state index contributed by atoms with van der Waals surface area (Å²) in [6.45, 7) is 0. The van der Waals surface area contributed by atoms with E-state index in [4.69, 9.17) is 0 Å². The second kappa shape index (κ2) is 5.08. The molecular formula is C19H19F3O3. The topological polar surface area (TPSA) is 54.4 Å². The van der Waals surface area contributed by atoms with Gasteiger partial charge in [0.1, 0.15) is 0 Å². The zero-order valence-corrected chi connectivity index (χ0v) is 13.6. The number of halogens is 3. The van der Waals surface area contributed by atoms with Crippen LogP contribution in [0.3, 0.4) is 0 Å². The minimum Gasteiger partial charge on any atom is -0.481 e. The van der Waals surface area contributed by atoms with Crippen molar-refractivity contribution in [3.8, 4) is 0 Å². The number of aliphatic carboxylic acids is 1. The summed E-state index contributed by atoms with van der Waals surface area (Å²) in [7, 11) is 0. The van der Waals surface area contributed by atoms with Crippen molar-refractivity contribution >= 4 is 11.8 Å². The Labute approximate surface area is 143 Å². The Morgan fingerprint density at radius 1 is 1.00 bits per heavy atom. The van der Waals surface area contributed by atoms with Crippen LogP contribution in [0.5, 0.6) is 0 Å². The van der Waals surface area contributed by atoms with E-state index < -0.39 is 34.3 Å². The number of ketones is 1. The molecule has 4 fully saturated rings. The first-order chi connectivity index (χ1) is 11.7. The van der Waals surface area contributed by atoms with E-state index in [1.165, 1.54) is 18.2 Å². The van der Waals surface area contributed by atoms with Gasteiger partial charge in [-0.3, -0.25) is 9.59 Å². The van der Waals surface area contributed by atoms with Crippen LogP contribution in [0.4, 0.5) is 13.2 Å². The monoisotopic (exact) mass is 352 g/mol. The van der Waals surface area contributed by atoms with E-state index in [1.807, 2.05) is 0 Å². The summed E-state index contributed by atoms with van der Waals surface area (Å²) >= 11 is 0. The highest BCUT2D eigenvalue weighted by Crippen LogP contribution is 2.66. The van der Waals surface area contributed by atoms with Crippen LogP contribution in [0.25, 0.3) is 0 Å². The Kier molecular flexibility index (Phi) is 3.38. The van der Waals surface area contributed by atoms with Crippen LogP contribution in [0, 0.1) is 22.7 Å². The van der Waals surface area contributed by atoms with Crippen LogP contribution in [-0.4, -0.2) is 16.9 Å². The molecule has 3 nitrogen and oxygen atoms in total. The molecule has 4 saturated carbocycles. The molecule has 0 spiro atoms. The summed E-state index contributed by atoms with van der Waals surface area (Å²) in [5, 5.41) is 9.74. The van der Waals surface area contributed by atoms with Crippen molar-refractivity contribution in [3.63, 3.8) is 0 Å². The van der Waals surface area contributed by atoms with Crippen LogP contribution in [0.15, 0.2) is 24.3 Å². The van der Waals surface area contributed by atoms with Crippen molar-refractivity contribution in [2.24, 2.45) is 22.7 Å². The van der Waals surface area contributed by atoms with E-state index in [1.54, 1.807) is 0 Å². The first-order valence-corrected chi connectivity index (χ1v) is 8.60. The highest BCUT2D eigenvalue weighted by molar-refractivity contribution is 6.02. The number of carboxylic acids is 1. The van der Waals surface area contributed by atoms with Gasteiger partial charge in [0, 0.05) is 11.0 Å². The third-order valence-electron chi connectivity index (χ3n) is 6.47. The summed E-state index contributed by atoms with van der Waals surface area (Å²) < 4.78 is 40.0. The average Bonchev–Trinajstić information content (AvgIpc) is 2.52. The predicted molar refractivity (Wildman–Crippen MR) is 83.0 cm³/mol. The van der Waals surface area contributed by atoms with Crippen molar-refractivity contribution < 1.29 is 27.9 Å². The van der Waals surface area contributed by atoms with Gasteiger partial charge < -0.3 is 5.11 Å². The minimum absolute atomic E-state index is 0.124. The number of carbonyl (C=O) groups excluding carboxylic acids is 1. The summed E-state index contributed by atoms with van der Waals surface area (Å²) in [4.78, 5) is 25.1. The molecule has 2 unspecified atom stereocenters. The van der Waals surface area contributed by atoms with Gasteiger partial charge in [-0.25, -0.2) is 0 Å². The van der Waals surface area contributed by atoms with Gasteiger partial charge in [0.25, 0.3) is 0 Å². The van der Waals surface area contributed by atoms with Crippen molar-refractivity contribution in [3.05, 3.63) is 35.4 Å². The lowest BCUT2D eigenvalue weighted by atomic mass is 9.43. The standard InChI is InChI=1S/C19H19F3O3/c20-19(21,22)14-4-2-1-3-13(14)15(23)17-6-11-5-12(7-17)9-18(8-11,10-17)16(24)25/h1-4,11-12H,5-10H2,(H,24,25). The minimum atomic E-state index is -4.60. The fraction of sp³-hybridized carbons (Fsp3) is 0.579. The smallest absolute Gasteiger partial charge is 0.417 e. The number of alkyl halides is 3. The van der Waals surface area contributed by atoms with E-state index >= 15 is 0 Å². The first-order valence-electron chi connectivity index (χ1n) is 8.60. The quantitative estimate of drug-likeness (QED) is 0.812. The number of Topliss-reactive ketones (excluding diaryl/α,β-unsaturated/α-hetero) is 1. The molecule has 25 heavy (non-hydrogen) atoms. The van der Waals surface area contributed by atoms with Crippen LogP contribution in [-0.2, 0) is 11.0 Å². The maximum Gasteiger partial charge on any atom is 0.417 e. The summed E-state index contributed by atoms with van der Waals surface area (Å²) in [6, 6.07) is 4.88. The Morgan fingerprint density at radius 2 is 1.56 bits per heavy atom. The molecule has 1 aromatic carbocycles. The Morgan fingerprint density at radius 3 is 2.12 bits per heavy atom. The summed E-state index contributed by atoms with van der Waals surface area (Å²) in [6.07, 6.45) is -1.39. The zero-order chi connectivity index (χ0) is 18.0. The van der Waals surface area contributed by atoms with Gasteiger partial charge >= 0.3 is 12.1 Å². The molecule has 4 bridgehead atoms. The summed E-state index contributed by atoms with van der Waals surface area (Å²) in [5.74, 6) is -1.17. The Hall–Kier alpha value is -1.85. The number of carbonyl (C=O) groups is 2. The second-order valence-electron chi connectivity index (χ2n) is 8.20. The fourth-order valence-electron chi connectivity index (χ4n) is 5.99. The third kappa shape index (κ3) is 2.41. The van der Waals surface area contributed by atoms with Gasteiger partial charge in [-0.05, 0) is 56.4 Å². The molecule has 5 rings (SSSR count). The highest BCUT2D eigenvalue weighted by atomic mass is 19.4. The van der Waals surface area contributed by atoms with Crippen molar-refractivity contribution in [2.45, 2.75) is 44.7 Å². The zero-order valence-electron chi connectivity index (χ0n) is 13.6. The van der Waals surface area contributed by atoms with E-state index in [9.17, 15) is 27.9 Å². The third-order valence-corrected chi connectivity index (χ3v) is 6.47. The molecule has 2 atom stereocenters. The van der Waals surface area contributed by atoms with Crippen LogP contribution < -0.4 is 0 Å². The van der Waals surface area contributed by atoms with Gasteiger partial charge in [-0.15, -0.1) is 0 Å². The first kappa shape index (κ1) is 16.6. The molecule has 1 aromatic rings. The number of carboxylic acid groups (broad SMARTS) is 1. The lowest BCUT2D eigenvalue weighted by Crippen LogP contribution is -2.57. The maximum atomic E-state index is 13.3. The summed E-state index contributed by atoms with van der Waals surface area (Å²) in [5.41, 5.74) is -3.12. The van der Waals surface area contributed by atoms with Crippen LogP contribution in [0.1, 0.15) is 54.4 Å². The van der Waals surface area contributed by atoms with Gasteiger partial charge in [0.2, 0.25) is 0 Å². The molecule has 0 heterocycles. The largest absolute Gasteiger partial charge is 0.481 e. The normalized spacial score (nSPS) is 36.4. The van der Waals surface area contributed by atoms with Crippen LogP contribution in [0.2, 0.25) is 0 Å². The highest BCUT2D eigenvalue weighted by Gasteiger charge is 2.63. The lowest BCUT2D eigenvalue weighted by molar-refractivity contribution is -0.169. The van der Waals surface area contributed by atoms with Gasteiger partial charge in [-0.2, -0.15) is 13.2 Å². The van der Waals surface area contributed by atoms with Gasteiger partial charge in [-0.1, -0.05) is 18.2 Å². The number of hydrogen-bond acceptors (Lipinski definition) is 2. The molecule has 4 aliphatic rings. The molecule has 0 radical (unpaired) electrons. The molecule has 134 valence electrons. The van der Waals surface area contributed by atoms with Crippen molar-refractivity contribution in [1.82, 2.24) is 0 Å². The fourth-order valence-corrected chi connectivity index (χ4v) is 5.99. The molecule has 6 heteroatoms. The van der Waals surface area contributed by atoms with Crippen molar-refractivity contribution in [2.75, 3.05) is 0 Å². The van der Waals surface area contributed by atoms with Gasteiger partial charge in [0.15, 0.2) is 5.78 Å². The number of hydrogen-bond donors (Lipinski definition) is 1. The second-order valence-corrected chi connectivity index (χ2v) is 8.20. The van der Waals surface area contributed by atoms with E-state index in [0.29, 0.717) is 25.7 Å². The maximum absolute atomic E-state index is 13.3. The van der Waals surface area contributed by atoms with E-state index in [2.05, 4.69) is 0 Å². The Bertz CT molecular complexity index is 739. The van der Waals surface area contributed by atoms with Crippen LogP contribution >= 0.6 is 0 Å². The number of benzene rings is 1. The van der Waals surface area contributed by atoms with E-state index in [0.717, 1.165) is 12.5 Å². The average molecular weight is 352 g/mol. The predicted octanol–water partition coefficient (Wildman–Crippen LogP) is 4.56. The van der Waals surface area contributed by atoms with Crippen molar-refractivity contribution in [1.29, 1.82) is 0 Å². The molecule has 0 amide bonds. The molecular weight excluding hydrogens is 333 g/mol. The molecule has 4 aliphatic carbocycles. The Balaban J connectivity index is 1.78. The number of rotatable bonds is 3. The van der Waals surface area contributed by atoms with E-state index in [-0.39, 0.29) is 23.8 Å². The SMILES string of the molecule is O=C(O)C12CC3CC(C1)CC(C(=O)c1ccccc1C(F)(F)F)(C3)C2. The molecule has 1 N–H and O–H groups in total. The molecule has 0 aliphatic heterocycles. The molecule has 0 saturated heterocycles. The lowest BCUT2D eigenvalue weighted by Gasteiger charge is -2.59. The molecule has 0 aromatic heterocycles. The van der Waals surface area contributed by atoms with Gasteiger partial charge in [0.05, 0.1) is 11.0 Å².